The predicted molar refractivity (Wildman–Crippen MR) is 86.9 cm³/mol. The normalized spacial score (nSPS) is 12.6. The highest BCUT2D eigenvalue weighted by molar-refractivity contribution is 9.10. The summed E-state index contributed by atoms with van der Waals surface area (Å²) in [5.74, 6) is 0. The number of hydrogen-bond acceptors (Lipinski definition) is 2. The maximum Gasteiger partial charge on any atom is 0.0705 e. The van der Waals surface area contributed by atoms with Crippen LogP contribution in [0.2, 0.25) is 5.02 Å². The highest BCUT2D eigenvalue weighted by atomic mass is 79.9. The van der Waals surface area contributed by atoms with Crippen molar-refractivity contribution in [2.24, 2.45) is 5.73 Å². The number of aromatic nitrogens is 1. The molecule has 1 heterocycles. The van der Waals surface area contributed by atoms with Crippen LogP contribution in [0.3, 0.4) is 0 Å². The summed E-state index contributed by atoms with van der Waals surface area (Å²) in [5.41, 5.74) is 9.33. The summed E-state index contributed by atoms with van der Waals surface area (Å²) in [5, 5.41) is 1.79. The molecule has 2 N–H and O–H groups in total. The summed E-state index contributed by atoms with van der Waals surface area (Å²) >= 11 is 9.44. The summed E-state index contributed by atoms with van der Waals surface area (Å²) in [6, 6.07) is 15.6. The molecule has 3 aromatic rings. The lowest BCUT2D eigenvalue weighted by Crippen LogP contribution is -2.11. The van der Waals surface area contributed by atoms with E-state index in [4.69, 9.17) is 17.3 Å². The quantitative estimate of drug-likeness (QED) is 0.730. The molecule has 0 saturated heterocycles. The maximum absolute atomic E-state index is 6.33. The first-order chi connectivity index (χ1) is 9.65. The van der Waals surface area contributed by atoms with Gasteiger partial charge in [0.1, 0.15) is 0 Å². The topological polar surface area (TPSA) is 38.9 Å². The SMILES string of the molecule is NC(c1ccc(Cl)c(Br)c1)c1ccc2cccnc2c1. The van der Waals surface area contributed by atoms with Gasteiger partial charge in [0, 0.05) is 16.1 Å². The second-order valence-corrected chi connectivity index (χ2v) is 5.87. The van der Waals surface area contributed by atoms with Crippen molar-refractivity contribution in [3.63, 3.8) is 0 Å². The number of benzene rings is 2. The highest BCUT2D eigenvalue weighted by Gasteiger charge is 2.11. The molecule has 1 aromatic heterocycles. The number of hydrogen-bond donors (Lipinski definition) is 1. The van der Waals surface area contributed by atoms with Crippen molar-refractivity contribution < 1.29 is 0 Å². The molecule has 0 saturated carbocycles. The van der Waals surface area contributed by atoms with Crippen LogP contribution in [0.25, 0.3) is 10.9 Å². The number of nitrogens with two attached hydrogens (primary N) is 1. The first-order valence-corrected chi connectivity index (χ1v) is 7.37. The van der Waals surface area contributed by atoms with Gasteiger partial charge in [-0.15, -0.1) is 0 Å². The lowest BCUT2D eigenvalue weighted by molar-refractivity contribution is 0.872. The van der Waals surface area contributed by atoms with E-state index in [2.05, 4.69) is 20.9 Å². The highest BCUT2D eigenvalue weighted by Crippen LogP contribution is 2.28. The van der Waals surface area contributed by atoms with Crippen molar-refractivity contribution in [1.82, 2.24) is 4.98 Å². The van der Waals surface area contributed by atoms with Gasteiger partial charge < -0.3 is 5.73 Å². The van der Waals surface area contributed by atoms with E-state index in [-0.39, 0.29) is 6.04 Å². The Bertz CT molecular complexity index is 773. The Labute approximate surface area is 130 Å². The number of rotatable bonds is 2. The molecule has 0 radical (unpaired) electrons. The van der Waals surface area contributed by atoms with Crippen molar-refractivity contribution in [1.29, 1.82) is 0 Å². The minimum absolute atomic E-state index is 0.199. The summed E-state index contributed by atoms with van der Waals surface area (Å²) < 4.78 is 0.853. The van der Waals surface area contributed by atoms with E-state index < -0.39 is 0 Å². The van der Waals surface area contributed by atoms with Crippen molar-refractivity contribution in [2.45, 2.75) is 6.04 Å². The van der Waals surface area contributed by atoms with Crippen LogP contribution in [0.15, 0.2) is 59.2 Å². The Hall–Kier alpha value is -1.42. The van der Waals surface area contributed by atoms with Crippen molar-refractivity contribution in [3.05, 3.63) is 75.4 Å². The molecule has 0 fully saturated rings. The summed E-state index contributed by atoms with van der Waals surface area (Å²) in [6.07, 6.45) is 1.79. The van der Waals surface area contributed by atoms with Crippen LogP contribution in [0.4, 0.5) is 0 Å². The van der Waals surface area contributed by atoms with Gasteiger partial charge in [-0.25, -0.2) is 0 Å². The first kappa shape index (κ1) is 13.6. The molecule has 3 rings (SSSR count). The molecule has 1 atom stereocenters. The molecule has 4 heteroatoms. The third kappa shape index (κ3) is 2.57. The molecule has 0 aliphatic heterocycles. The Morgan fingerprint density at radius 2 is 1.80 bits per heavy atom. The Kier molecular flexibility index (Phi) is 3.74. The smallest absolute Gasteiger partial charge is 0.0705 e. The van der Waals surface area contributed by atoms with Crippen LogP contribution < -0.4 is 5.73 Å². The van der Waals surface area contributed by atoms with Gasteiger partial charge in [0.05, 0.1) is 16.6 Å². The Morgan fingerprint density at radius 1 is 1.05 bits per heavy atom. The van der Waals surface area contributed by atoms with E-state index in [9.17, 15) is 0 Å². The van der Waals surface area contributed by atoms with E-state index in [0.717, 1.165) is 26.5 Å². The zero-order valence-electron chi connectivity index (χ0n) is 10.6. The molecule has 100 valence electrons. The van der Waals surface area contributed by atoms with Gasteiger partial charge in [-0.1, -0.05) is 35.9 Å². The molecular formula is C16H12BrClN2. The van der Waals surface area contributed by atoms with Gasteiger partial charge in [0.2, 0.25) is 0 Å². The standard InChI is InChI=1S/C16H12BrClN2/c17-13-8-11(5-6-14(13)18)16(19)12-4-3-10-2-1-7-20-15(10)9-12/h1-9,16H,19H2. The first-order valence-electron chi connectivity index (χ1n) is 6.20. The second-order valence-electron chi connectivity index (χ2n) is 4.61. The largest absolute Gasteiger partial charge is 0.320 e. The summed E-state index contributed by atoms with van der Waals surface area (Å²) in [7, 11) is 0. The number of pyridine rings is 1. The van der Waals surface area contributed by atoms with Crippen LogP contribution in [0.1, 0.15) is 17.2 Å². The number of halogens is 2. The van der Waals surface area contributed by atoms with Crippen LogP contribution in [-0.4, -0.2) is 4.98 Å². The zero-order chi connectivity index (χ0) is 14.1. The fourth-order valence-corrected chi connectivity index (χ4v) is 2.69. The van der Waals surface area contributed by atoms with Gasteiger partial charge >= 0.3 is 0 Å². The van der Waals surface area contributed by atoms with Crippen LogP contribution in [0, 0.1) is 0 Å². The van der Waals surface area contributed by atoms with E-state index in [1.165, 1.54) is 0 Å². The van der Waals surface area contributed by atoms with E-state index in [0.29, 0.717) is 5.02 Å². The van der Waals surface area contributed by atoms with Crippen LogP contribution in [-0.2, 0) is 0 Å². The third-order valence-electron chi connectivity index (χ3n) is 3.29. The maximum atomic E-state index is 6.33. The van der Waals surface area contributed by atoms with Crippen LogP contribution in [0.5, 0.6) is 0 Å². The molecule has 0 bridgehead atoms. The minimum Gasteiger partial charge on any atom is -0.320 e. The van der Waals surface area contributed by atoms with Crippen LogP contribution >= 0.6 is 27.5 Å². The molecule has 0 spiro atoms. The molecule has 2 aromatic carbocycles. The third-order valence-corrected chi connectivity index (χ3v) is 4.51. The molecular weight excluding hydrogens is 336 g/mol. The van der Waals surface area contributed by atoms with Crippen molar-refractivity contribution in [2.75, 3.05) is 0 Å². The van der Waals surface area contributed by atoms with Crippen molar-refractivity contribution in [3.8, 4) is 0 Å². The zero-order valence-corrected chi connectivity index (χ0v) is 12.9. The van der Waals surface area contributed by atoms with Gasteiger partial charge in [0.25, 0.3) is 0 Å². The second kappa shape index (κ2) is 5.52. The van der Waals surface area contributed by atoms with E-state index in [1.807, 2.05) is 48.5 Å². The monoisotopic (exact) mass is 346 g/mol. The predicted octanol–water partition coefficient (Wildman–Crippen LogP) is 4.70. The van der Waals surface area contributed by atoms with Gasteiger partial charge in [-0.05, 0) is 51.3 Å². The molecule has 0 aliphatic carbocycles. The number of fused-ring (bicyclic) bond motifs is 1. The number of nitrogens with zero attached hydrogens (tertiary/aromatic N) is 1. The van der Waals surface area contributed by atoms with Gasteiger partial charge in [-0.3, -0.25) is 4.98 Å². The van der Waals surface area contributed by atoms with Gasteiger partial charge in [-0.2, -0.15) is 0 Å². The van der Waals surface area contributed by atoms with E-state index >= 15 is 0 Å². The molecule has 0 aliphatic rings. The molecule has 1 unspecified atom stereocenters. The lowest BCUT2D eigenvalue weighted by Gasteiger charge is -2.14. The fourth-order valence-electron chi connectivity index (χ4n) is 2.18. The average molecular weight is 348 g/mol. The average Bonchev–Trinajstić information content (AvgIpc) is 2.49. The van der Waals surface area contributed by atoms with E-state index in [1.54, 1.807) is 6.20 Å². The van der Waals surface area contributed by atoms with Crippen molar-refractivity contribution >= 4 is 38.4 Å². The molecule has 2 nitrogen and oxygen atoms in total. The molecule has 0 amide bonds. The molecule has 20 heavy (non-hydrogen) atoms. The van der Waals surface area contributed by atoms with Gasteiger partial charge in [0.15, 0.2) is 0 Å². The Balaban J connectivity index is 2.02. The minimum atomic E-state index is -0.199. The summed E-state index contributed by atoms with van der Waals surface area (Å²) in [6.45, 7) is 0. The Morgan fingerprint density at radius 3 is 2.60 bits per heavy atom. The summed E-state index contributed by atoms with van der Waals surface area (Å²) in [4.78, 5) is 4.36. The lowest BCUT2D eigenvalue weighted by atomic mass is 9.98. The fraction of sp³-hybridized carbons (Fsp3) is 0.0625.